The maximum absolute atomic E-state index is 5.56. The lowest BCUT2D eigenvalue weighted by Gasteiger charge is -2.34. The van der Waals surface area contributed by atoms with Crippen LogP contribution in [0.25, 0.3) is 0 Å². The monoisotopic (exact) mass is 251 g/mol. The Morgan fingerprint density at radius 1 is 1.17 bits per heavy atom. The lowest BCUT2D eigenvalue weighted by atomic mass is 10.3. The van der Waals surface area contributed by atoms with E-state index < -0.39 is 0 Å². The molecule has 0 radical (unpaired) electrons. The van der Waals surface area contributed by atoms with Crippen molar-refractivity contribution in [3.63, 3.8) is 0 Å². The van der Waals surface area contributed by atoms with Gasteiger partial charge in [-0.2, -0.15) is 5.10 Å². The molecule has 0 spiro atoms. The van der Waals surface area contributed by atoms with Gasteiger partial charge in [-0.3, -0.25) is 9.80 Å². The van der Waals surface area contributed by atoms with Crippen molar-refractivity contribution in [2.24, 2.45) is 5.73 Å². The first-order valence-electron chi connectivity index (χ1n) is 6.33. The molecule has 100 valence electrons. The van der Waals surface area contributed by atoms with Gasteiger partial charge in [-0.05, 0) is 6.07 Å². The molecule has 0 bridgehead atoms. The summed E-state index contributed by atoms with van der Waals surface area (Å²) in [5.74, 6) is 0.562. The predicted octanol–water partition coefficient (Wildman–Crippen LogP) is -0.438. The Morgan fingerprint density at radius 2 is 1.89 bits per heavy atom. The zero-order valence-corrected chi connectivity index (χ0v) is 10.9. The summed E-state index contributed by atoms with van der Waals surface area (Å²) in [4.78, 5) is 4.79. The van der Waals surface area contributed by atoms with Crippen LogP contribution in [0.1, 0.15) is 5.69 Å². The molecule has 0 aromatic carbocycles. The van der Waals surface area contributed by atoms with Crippen molar-refractivity contribution in [1.82, 2.24) is 20.0 Å². The third-order valence-electron chi connectivity index (χ3n) is 3.20. The van der Waals surface area contributed by atoms with Crippen molar-refractivity contribution >= 4 is 0 Å². The molecule has 1 aliphatic rings. The number of hydrogen-bond acceptors (Lipinski definition) is 6. The van der Waals surface area contributed by atoms with Crippen LogP contribution in [0.5, 0.6) is 5.88 Å². The lowest BCUT2D eigenvalue weighted by Crippen LogP contribution is -2.47. The molecule has 6 nitrogen and oxygen atoms in total. The van der Waals surface area contributed by atoms with E-state index in [9.17, 15) is 0 Å². The summed E-state index contributed by atoms with van der Waals surface area (Å²) < 4.78 is 4.99. The maximum Gasteiger partial charge on any atom is 0.233 e. The third kappa shape index (κ3) is 3.63. The van der Waals surface area contributed by atoms with E-state index in [2.05, 4.69) is 20.0 Å². The Kier molecular flexibility index (Phi) is 4.86. The first kappa shape index (κ1) is 13.2. The smallest absolute Gasteiger partial charge is 0.233 e. The Balaban J connectivity index is 1.80. The van der Waals surface area contributed by atoms with Gasteiger partial charge in [0, 0.05) is 51.9 Å². The van der Waals surface area contributed by atoms with Crippen LogP contribution in [0.15, 0.2) is 12.1 Å². The van der Waals surface area contributed by atoms with Crippen LogP contribution < -0.4 is 10.5 Å². The molecule has 2 heterocycles. The largest absolute Gasteiger partial charge is 0.480 e. The number of piperazine rings is 1. The summed E-state index contributed by atoms with van der Waals surface area (Å²) in [6.45, 7) is 6.89. The Labute approximate surface area is 108 Å². The fourth-order valence-corrected chi connectivity index (χ4v) is 2.12. The van der Waals surface area contributed by atoms with Gasteiger partial charge in [0.25, 0.3) is 0 Å². The topological polar surface area (TPSA) is 67.5 Å². The molecule has 1 aromatic heterocycles. The SMILES string of the molecule is COc1ccc(CN2CCN(CCN)CC2)nn1. The number of aromatic nitrogens is 2. The van der Waals surface area contributed by atoms with Crippen LogP contribution in [0.4, 0.5) is 0 Å². The normalized spacial score (nSPS) is 17.9. The third-order valence-corrected chi connectivity index (χ3v) is 3.20. The Bertz CT molecular complexity index is 348. The molecule has 0 atom stereocenters. The van der Waals surface area contributed by atoms with Gasteiger partial charge in [0.2, 0.25) is 5.88 Å². The van der Waals surface area contributed by atoms with E-state index in [4.69, 9.17) is 10.5 Å². The number of hydrogen-bond donors (Lipinski definition) is 1. The molecule has 2 rings (SSSR count). The summed E-state index contributed by atoms with van der Waals surface area (Å²) in [5.41, 5.74) is 6.55. The summed E-state index contributed by atoms with van der Waals surface area (Å²) >= 11 is 0. The van der Waals surface area contributed by atoms with E-state index in [1.54, 1.807) is 7.11 Å². The van der Waals surface area contributed by atoms with Crippen molar-refractivity contribution in [3.8, 4) is 5.88 Å². The molecule has 1 saturated heterocycles. The first-order chi connectivity index (χ1) is 8.81. The number of nitrogens with zero attached hydrogens (tertiary/aromatic N) is 4. The molecule has 0 saturated carbocycles. The second-order valence-electron chi connectivity index (χ2n) is 4.47. The van der Waals surface area contributed by atoms with Crippen LogP contribution in [-0.4, -0.2) is 66.4 Å². The molecule has 0 amide bonds. The van der Waals surface area contributed by atoms with Crippen LogP contribution in [0.3, 0.4) is 0 Å². The van der Waals surface area contributed by atoms with Gasteiger partial charge >= 0.3 is 0 Å². The molecular weight excluding hydrogens is 230 g/mol. The summed E-state index contributed by atoms with van der Waals surface area (Å²) in [5, 5.41) is 8.13. The Morgan fingerprint density at radius 3 is 2.44 bits per heavy atom. The van der Waals surface area contributed by atoms with Crippen LogP contribution in [0, 0.1) is 0 Å². The Hall–Kier alpha value is -1.24. The van der Waals surface area contributed by atoms with E-state index in [1.807, 2.05) is 12.1 Å². The predicted molar refractivity (Wildman–Crippen MR) is 69.4 cm³/mol. The molecular formula is C12H21N5O. The number of methoxy groups -OCH3 is 1. The minimum atomic E-state index is 0.562. The highest BCUT2D eigenvalue weighted by molar-refractivity contribution is 5.11. The first-order valence-corrected chi connectivity index (χ1v) is 6.33. The zero-order chi connectivity index (χ0) is 12.8. The number of rotatable bonds is 5. The minimum absolute atomic E-state index is 0.562. The molecule has 1 fully saturated rings. The highest BCUT2D eigenvalue weighted by atomic mass is 16.5. The van der Waals surface area contributed by atoms with Crippen LogP contribution in [-0.2, 0) is 6.54 Å². The summed E-state index contributed by atoms with van der Waals surface area (Å²) in [6, 6.07) is 3.82. The molecule has 18 heavy (non-hydrogen) atoms. The molecule has 2 N–H and O–H groups in total. The summed E-state index contributed by atoms with van der Waals surface area (Å²) in [6.07, 6.45) is 0. The van der Waals surface area contributed by atoms with Gasteiger partial charge in [-0.15, -0.1) is 5.10 Å². The van der Waals surface area contributed by atoms with Crippen molar-refractivity contribution in [2.45, 2.75) is 6.54 Å². The fourth-order valence-electron chi connectivity index (χ4n) is 2.12. The average molecular weight is 251 g/mol. The minimum Gasteiger partial charge on any atom is -0.480 e. The number of nitrogens with two attached hydrogens (primary N) is 1. The highest BCUT2D eigenvalue weighted by Crippen LogP contribution is 2.08. The molecule has 6 heteroatoms. The van der Waals surface area contributed by atoms with Crippen LogP contribution in [0.2, 0.25) is 0 Å². The van der Waals surface area contributed by atoms with Gasteiger partial charge < -0.3 is 10.5 Å². The van der Waals surface area contributed by atoms with Crippen LogP contribution >= 0.6 is 0 Å². The summed E-state index contributed by atoms with van der Waals surface area (Å²) in [7, 11) is 1.60. The fraction of sp³-hybridized carbons (Fsp3) is 0.667. The molecule has 1 aromatic rings. The van der Waals surface area contributed by atoms with Crippen molar-refractivity contribution in [3.05, 3.63) is 17.8 Å². The quantitative estimate of drug-likeness (QED) is 0.765. The van der Waals surface area contributed by atoms with Crippen molar-refractivity contribution in [2.75, 3.05) is 46.4 Å². The van der Waals surface area contributed by atoms with E-state index in [0.29, 0.717) is 5.88 Å². The standard InChI is InChI=1S/C12H21N5O/c1-18-12-3-2-11(14-15-12)10-17-8-6-16(5-4-13)7-9-17/h2-3H,4-10,13H2,1H3. The van der Waals surface area contributed by atoms with Crippen molar-refractivity contribution < 1.29 is 4.74 Å². The molecule has 0 aliphatic carbocycles. The lowest BCUT2D eigenvalue weighted by molar-refractivity contribution is 0.128. The van der Waals surface area contributed by atoms with E-state index >= 15 is 0 Å². The van der Waals surface area contributed by atoms with Gasteiger partial charge in [0.05, 0.1) is 12.8 Å². The second-order valence-corrected chi connectivity index (χ2v) is 4.47. The molecule has 0 unspecified atom stereocenters. The number of ether oxygens (including phenoxy) is 1. The van der Waals surface area contributed by atoms with Gasteiger partial charge in [0.15, 0.2) is 0 Å². The molecule has 1 aliphatic heterocycles. The second kappa shape index (κ2) is 6.63. The van der Waals surface area contributed by atoms with Gasteiger partial charge in [-0.25, -0.2) is 0 Å². The average Bonchev–Trinajstić information content (AvgIpc) is 2.42. The van der Waals surface area contributed by atoms with Crippen molar-refractivity contribution in [1.29, 1.82) is 0 Å². The van der Waals surface area contributed by atoms with Gasteiger partial charge in [-0.1, -0.05) is 0 Å². The van der Waals surface area contributed by atoms with E-state index in [1.165, 1.54) is 0 Å². The maximum atomic E-state index is 5.56. The zero-order valence-electron chi connectivity index (χ0n) is 10.9. The van der Waals surface area contributed by atoms with E-state index in [-0.39, 0.29) is 0 Å². The van der Waals surface area contributed by atoms with E-state index in [0.717, 1.165) is 51.5 Å². The van der Waals surface area contributed by atoms with Gasteiger partial charge in [0.1, 0.15) is 0 Å². The highest BCUT2D eigenvalue weighted by Gasteiger charge is 2.16.